The third-order valence-electron chi connectivity index (χ3n) is 4.33. The molecule has 24 heavy (non-hydrogen) atoms. The third-order valence-corrected chi connectivity index (χ3v) is 4.33. The van der Waals surface area contributed by atoms with Gasteiger partial charge in [-0.15, -0.1) is 0 Å². The highest BCUT2D eigenvalue weighted by Crippen LogP contribution is 2.30. The van der Waals surface area contributed by atoms with E-state index in [0.29, 0.717) is 12.8 Å². The van der Waals surface area contributed by atoms with Crippen LogP contribution in [0.4, 0.5) is 0 Å². The predicted octanol–water partition coefficient (Wildman–Crippen LogP) is 5.08. The van der Waals surface area contributed by atoms with E-state index >= 15 is 0 Å². The molecule has 2 heteroatoms. The number of aryl methyl sites for hydroxylation is 1. The van der Waals surface area contributed by atoms with Gasteiger partial charge >= 0.3 is 0 Å². The minimum absolute atomic E-state index is 0.226. The molecule has 0 aliphatic rings. The molecule has 1 radical (unpaired) electrons. The van der Waals surface area contributed by atoms with Crippen molar-refractivity contribution >= 4 is 16.6 Å². The summed E-state index contributed by atoms with van der Waals surface area (Å²) in [6.07, 6.45) is 1.74. The van der Waals surface area contributed by atoms with Crippen LogP contribution in [0.1, 0.15) is 30.9 Å². The minimum atomic E-state index is 0.226. The normalized spacial score (nSPS) is 11.1. The Morgan fingerprint density at radius 3 is 2.46 bits per heavy atom. The van der Waals surface area contributed by atoms with Crippen LogP contribution in [0.5, 0.6) is 5.75 Å². The lowest BCUT2D eigenvalue weighted by molar-refractivity contribution is -0.118. The molecule has 0 bridgehead atoms. The highest BCUT2D eigenvalue weighted by Gasteiger charge is 2.14. The maximum absolute atomic E-state index is 12.3. The largest absolute Gasteiger partial charge is 0.507 e. The van der Waals surface area contributed by atoms with Crippen molar-refractivity contribution in [1.82, 2.24) is 0 Å². The third kappa shape index (κ3) is 3.83. The minimum Gasteiger partial charge on any atom is -0.507 e. The molecule has 0 spiro atoms. The Kier molecular flexibility index (Phi) is 4.95. The standard InChI is InChI=1S/C22H21O2/c1-16(13-20(23)12-11-17-7-3-2-4-8-17)19-14-18-9-5-6-10-21(18)22(24)15-19/h2-10,14-15,24H,11-13H2,1H3. The molecule has 3 aromatic carbocycles. The van der Waals surface area contributed by atoms with Gasteiger partial charge in [-0.2, -0.15) is 0 Å². The Morgan fingerprint density at radius 2 is 1.67 bits per heavy atom. The number of hydrogen-bond acceptors (Lipinski definition) is 2. The molecule has 0 heterocycles. The van der Waals surface area contributed by atoms with Gasteiger partial charge in [0, 0.05) is 24.1 Å². The molecular weight excluding hydrogens is 296 g/mol. The molecule has 121 valence electrons. The summed E-state index contributed by atoms with van der Waals surface area (Å²) in [5.41, 5.74) is 2.12. The number of fused-ring (bicyclic) bond motifs is 1. The molecule has 3 rings (SSSR count). The summed E-state index contributed by atoms with van der Waals surface area (Å²) >= 11 is 0. The van der Waals surface area contributed by atoms with E-state index in [2.05, 4.69) is 0 Å². The molecule has 0 aliphatic heterocycles. The second-order valence-electron chi connectivity index (χ2n) is 6.20. The first-order valence-corrected chi connectivity index (χ1v) is 8.23. The van der Waals surface area contributed by atoms with Crippen LogP contribution in [0.25, 0.3) is 10.8 Å². The molecule has 0 aromatic heterocycles. The van der Waals surface area contributed by atoms with Crippen molar-refractivity contribution in [3.63, 3.8) is 0 Å². The van der Waals surface area contributed by atoms with Crippen molar-refractivity contribution in [2.75, 3.05) is 0 Å². The van der Waals surface area contributed by atoms with Crippen molar-refractivity contribution < 1.29 is 9.90 Å². The molecule has 2 nitrogen and oxygen atoms in total. The molecule has 0 atom stereocenters. The van der Waals surface area contributed by atoms with Crippen LogP contribution in [0, 0.1) is 5.92 Å². The average Bonchev–Trinajstić information content (AvgIpc) is 2.61. The molecule has 0 unspecified atom stereocenters. The second kappa shape index (κ2) is 7.31. The zero-order valence-electron chi connectivity index (χ0n) is 13.8. The molecular formula is C22H21O2. The number of hydrogen-bond donors (Lipinski definition) is 1. The molecule has 0 fully saturated rings. The Morgan fingerprint density at radius 1 is 0.958 bits per heavy atom. The smallest absolute Gasteiger partial charge is 0.134 e. The lowest BCUT2D eigenvalue weighted by atomic mass is 9.91. The van der Waals surface area contributed by atoms with Gasteiger partial charge in [-0.25, -0.2) is 0 Å². The number of ketones is 1. The lowest BCUT2D eigenvalue weighted by Crippen LogP contribution is -2.06. The number of rotatable bonds is 6. The van der Waals surface area contributed by atoms with Gasteiger partial charge in [-0.1, -0.05) is 67.6 Å². The lowest BCUT2D eigenvalue weighted by Gasteiger charge is -2.13. The summed E-state index contributed by atoms with van der Waals surface area (Å²) in [5, 5.41) is 12.0. The van der Waals surface area contributed by atoms with E-state index in [1.807, 2.05) is 67.6 Å². The number of benzene rings is 3. The van der Waals surface area contributed by atoms with Crippen LogP contribution in [0.2, 0.25) is 0 Å². The van der Waals surface area contributed by atoms with Crippen molar-refractivity contribution in [3.05, 3.63) is 83.8 Å². The van der Waals surface area contributed by atoms with Gasteiger partial charge in [0.05, 0.1) is 0 Å². The van der Waals surface area contributed by atoms with Gasteiger partial charge in [-0.05, 0) is 29.0 Å². The topological polar surface area (TPSA) is 37.3 Å². The first-order chi connectivity index (χ1) is 11.6. The number of aromatic hydroxyl groups is 1. The van der Waals surface area contributed by atoms with Gasteiger partial charge < -0.3 is 5.11 Å². The predicted molar refractivity (Wildman–Crippen MR) is 98.0 cm³/mol. The van der Waals surface area contributed by atoms with Crippen molar-refractivity contribution in [2.45, 2.75) is 26.2 Å². The number of carbonyl (C=O) groups excluding carboxylic acids is 1. The Bertz CT molecular complexity index is 837. The Balaban J connectivity index is 1.66. The quantitative estimate of drug-likeness (QED) is 0.688. The number of phenolic OH excluding ortho intramolecular Hbond substituents is 1. The van der Waals surface area contributed by atoms with Gasteiger partial charge in [-0.3, -0.25) is 4.79 Å². The van der Waals surface area contributed by atoms with E-state index in [9.17, 15) is 9.90 Å². The van der Waals surface area contributed by atoms with E-state index in [1.165, 1.54) is 5.56 Å². The molecule has 0 aliphatic carbocycles. The SMILES string of the molecule is C[C](CC(=O)CCc1ccccc1)c1cc(O)c2ccccc2c1. The van der Waals surface area contributed by atoms with Crippen molar-refractivity contribution in [3.8, 4) is 5.75 Å². The summed E-state index contributed by atoms with van der Waals surface area (Å²) in [7, 11) is 0. The summed E-state index contributed by atoms with van der Waals surface area (Å²) in [4.78, 5) is 12.3. The number of phenols is 1. The van der Waals surface area contributed by atoms with Crippen LogP contribution >= 0.6 is 0 Å². The van der Waals surface area contributed by atoms with E-state index in [-0.39, 0.29) is 11.5 Å². The fraction of sp³-hybridized carbons (Fsp3) is 0.182. The van der Waals surface area contributed by atoms with Crippen molar-refractivity contribution in [2.24, 2.45) is 0 Å². The second-order valence-corrected chi connectivity index (χ2v) is 6.20. The van der Waals surface area contributed by atoms with E-state index in [4.69, 9.17) is 0 Å². The molecule has 0 amide bonds. The monoisotopic (exact) mass is 317 g/mol. The van der Waals surface area contributed by atoms with Gasteiger partial charge in [0.1, 0.15) is 11.5 Å². The zero-order valence-corrected chi connectivity index (χ0v) is 13.8. The Hall–Kier alpha value is -2.61. The van der Waals surface area contributed by atoms with Crippen LogP contribution < -0.4 is 0 Å². The average molecular weight is 317 g/mol. The number of carbonyl (C=O) groups is 1. The molecule has 0 saturated heterocycles. The van der Waals surface area contributed by atoms with Crippen LogP contribution in [0.15, 0.2) is 66.7 Å². The zero-order chi connectivity index (χ0) is 16.9. The van der Waals surface area contributed by atoms with Gasteiger partial charge in [0.2, 0.25) is 0 Å². The highest BCUT2D eigenvalue weighted by molar-refractivity contribution is 5.89. The summed E-state index contributed by atoms with van der Waals surface area (Å²) < 4.78 is 0. The number of Topliss-reactive ketones (excluding diaryl/α,β-unsaturated/α-hetero) is 1. The fourth-order valence-corrected chi connectivity index (χ4v) is 2.95. The fourth-order valence-electron chi connectivity index (χ4n) is 2.95. The van der Waals surface area contributed by atoms with E-state index < -0.39 is 0 Å². The van der Waals surface area contributed by atoms with Crippen molar-refractivity contribution in [1.29, 1.82) is 0 Å². The summed E-state index contributed by atoms with van der Waals surface area (Å²) in [6, 6.07) is 21.6. The van der Waals surface area contributed by atoms with Crippen LogP contribution in [-0.2, 0) is 11.2 Å². The molecule has 1 N–H and O–H groups in total. The van der Waals surface area contributed by atoms with E-state index in [0.717, 1.165) is 28.7 Å². The van der Waals surface area contributed by atoms with Gasteiger partial charge in [0.25, 0.3) is 0 Å². The maximum Gasteiger partial charge on any atom is 0.134 e. The van der Waals surface area contributed by atoms with Crippen LogP contribution in [-0.4, -0.2) is 10.9 Å². The maximum atomic E-state index is 12.3. The Labute approximate surface area is 142 Å². The van der Waals surface area contributed by atoms with Gasteiger partial charge in [0.15, 0.2) is 0 Å². The molecule has 3 aromatic rings. The first kappa shape index (κ1) is 16.3. The van der Waals surface area contributed by atoms with Crippen LogP contribution in [0.3, 0.4) is 0 Å². The molecule has 0 saturated carbocycles. The van der Waals surface area contributed by atoms with E-state index in [1.54, 1.807) is 6.07 Å². The highest BCUT2D eigenvalue weighted by atomic mass is 16.3. The summed E-state index contributed by atoms with van der Waals surface area (Å²) in [5.74, 6) is 1.48. The summed E-state index contributed by atoms with van der Waals surface area (Å²) in [6.45, 7) is 1.96. The first-order valence-electron chi connectivity index (χ1n) is 8.23.